The number of benzene rings is 1. The van der Waals surface area contributed by atoms with Gasteiger partial charge in [0.1, 0.15) is 22.8 Å². The van der Waals surface area contributed by atoms with Gasteiger partial charge in [0.15, 0.2) is 11.4 Å². The van der Waals surface area contributed by atoms with Gasteiger partial charge in [-0.15, -0.1) is 0 Å². The van der Waals surface area contributed by atoms with Crippen LogP contribution in [0.25, 0.3) is 5.76 Å². The van der Waals surface area contributed by atoms with E-state index < -0.39 is 69.8 Å². The van der Waals surface area contributed by atoms with E-state index in [1.807, 2.05) is 6.92 Å². The molecule has 3 amide bonds. The molecular weight excluding hydrogens is 508 g/mol. The number of urea groups is 1. The van der Waals surface area contributed by atoms with Gasteiger partial charge >= 0.3 is 6.03 Å². The van der Waals surface area contributed by atoms with Gasteiger partial charge in [-0.1, -0.05) is 6.07 Å². The van der Waals surface area contributed by atoms with Crippen molar-refractivity contribution >= 4 is 35.0 Å². The van der Waals surface area contributed by atoms with E-state index >= 15 is 0 Å². The second kappa shape index (κ2) is 9.09. The molecule has 12 heteroatoms. The number of anilines is 1. The van der Waals surface area contributed by atoms with E-state index in [1.54, 1.807) is 25.1 Å². The number of likely N-dealkylation sites (tertiary alicyclic amines) is 1. The smallest absolute Gasteiger partial charge is 0.322 e. The molecule has 1 saturated heterocycles. The molecule has 1 saturated carbocycles. The summed E-state index contributed by atoms with van der Waals surface area (Å²) in [7, 11) is 3.09. The number of aliphatic hydroxyl groups is 3. The van der Waals surface area contributed by atoms with Gasteiger partial charge in [0.05, 0.1) is 17.3 Å². The molecule has 7 N–H and O–H groups in total. The minimum absolute atomic E-state index is 0.0118. The lowest BCUT2D eigenvalue weighted by atomic mass is 9.57. The molecule has 0 aromatic heterocycles. The van der Waals surface area contributed by atoms with Gasteiger partial charge in [-0.05, 0) is 64.3 Å². The van der Waals surface area contributed by atoms with E-state index in [2.05, 4.69) is 5.32 Å². The van der Waals surface area contributed by atoms with Gasteiger partial charge in [0.25, 0.3) is 5.91 Å². The highest BCUT2D eigenvalue weighted by Gasteiger charge is 2.64. The SMILES string of the molecule is CC1CCCN1C(=O)Nc1ccc2c(c1O)C(O)=C1C(=O)[C@]3(O)C(O)=C(C(N)=O)C(=O)[C@@H](N(C)C)C3CC1C2. The summed E-state index contributed by atoms with van der Waals surface area (Å²) in [5.41, 5.74) is 2.01. The van der Waals surface area contributed by atoms with Crippen LogP contribution in [-0.4, -0.2) is 92.1 Å². The quantitative estimate of drug-likeness (QED) is 0.239. The number of hydrogen-bond acceptors (Lipinski definition) is 9. The summed E-state index contributed by atoms with van der Waals surface area (Å²) < 4.78 is 0. The van der Waals surface area contributed by atoms with Crippen molar-refractivity contribution in [1.82, 2.24) is 9.80 Å². The molecule has 3 unspecified atom stereocenters. The van der Waals surface area contributed by atoms with Crippen molar-refractivity contribution in [3.63, 3.8) is 0 Å². The van der Waals surface area contributed by atoms with Crippen LogP contribution in [0.2, 0.25) is 0 Å². The molecule has 3 aliphatic carbocycles. The lowest BCUT2D eigenvalue weighted by Gasteiger charge is -2.50. The van der Waals surface area contributed by atoms with Crippen LogP contribution >= 0.6 is 0 Å². The van der Waals surface area contributed by atoms with Gasteiger partial charge in [0.2, 0.25) is 5.78 Å². The van der Waals surface area contributed by atoms with Crippen molar-refractivity contribution in [2.75, 3.05) is 26.0 Å². The van der Waals surface area contributed by atoms with E-state index in [0.717, 1.165) is 12.8 Å². The molecule has 1 aromatic carbocycles. The number of aromatic hydroxyl groups is 1. The fourth-order valence-corrected chi connectivity index (χ4v) is 6.74. The third kappa shape index (κ3) is 3.73. The number of carbonyl (C=O) groups excluding carboxylic acids is 4. The summed E-state index contributed by atoms with van der Waals surface area (Å²) in [6.45, 7) is 2.50. The number of nitrogens with zero attached hydrogens (tertiary/aromatic N) is 2. The van der Waals surface area contributed by atoms with Crippen molar-refractivity contribution in [3.8, 4) is 5.75 Å². The minimum Gasteiger partial charge on any atom is -0.508 e. The monoisotopic (exact) mass is 540 g/mol. The average Bonchev–Trinajstić information content (AvgIpc) is 3.28. The van der Waals surface area contributed by atoms with Crippen molar-refractivity contribution in [2.45, 2.75) is 50.3 Å². The normalized spacial score (nSPS) is 30.3. The number of primary amides is 1. The first-order valence-corrected chi connectivity index (χ1v) is 12.9. The highest BCUT2D eigenvalue weighted by atomic mass is 16.3. The zero-order chi connectivity index (χ0) is 28.5. The maximum absolute atomic E-state index is 13.9. The Hall–Kier alpha value is -3.90. The molecule has 5 atom stereocenters. The Kier molecular flexibility index (Phi) is 6.22. The fourth-order valence-electron chi connectivity index (χ4n) is 6.74. The minimum atomic E-state index is -2.70. The van der Waals surface area contributed by atoms with Crippen LogP contribution in [0.4, 0.5) is 10.5 Å². The Morgan fingerprint density at radius 3 is 2.46 bits per heavy atom. The number of rotatable bonds is 3. The summed E-state index contributed by atoms with van der Waals surface area (Å²) in [4.78, 5) is 54.9. The highest BCUT2D eigenvalue weighted by molar-refractivity contribution is 6.24. The third-order valence-corrected chi connectivity index (χ3v) is 8.65. The molecule has 1 aliphatic heterocycles. The van der Waals surface area contributed by atoms with Crippen LogP contribution in [0.15, 0.2) is 29.0 Å². The van der Waals surface area contributed by atoms with E-state index in [4.69, 9.17) is 5.73 Å². The third-order valence-electron chi connectivity index (χ3n) is 8.65. The second-order valence-corrected chi connectivity index (χ2v) is 11.1. The Bertz CT molecular complexity index is 1380. The molecule has 0 bridgehead atoms. The lowest BCUT2D eigenvalue weighted by Crippen LogP contribution is -2.65. The standard InChI is InChI=1S/C27H32N4O8/c1-11-5-4-8-31(11)26(38)29-15-7-6-12-9-13-10-14-19(30(2)3)22(34)18(25(28)37)24(36)27(14,39)23(35)17(13)21(33)16(12)20(15)32/h6-7,11,13-14,19,32-33,36,39H,4-5,8-10H2,1-3H3,(H2,28,37)(H,29,38)/t11?,13?,14?,19-,27-/m0/s1. The Morgan fingerprint density at radius 1 is 1.18 bits per heavy atom. The van der Waals surface area contributed by atoms with Gasteiger partial charge in [-0.3, -0.25) is 19.3 Å². The fraction of sp³-hybridized carbons (Fsp3) is 0.481. The second-order valence-electron chi connectivity index (χ2n) is 11.1. The van der Waals surface area contributed by atoms with Gasteiger partial charge < -0.3 is 36.4 Å². The van der Waals surface area contributed by atoms with Crippen LogP contribution in [0.5, 0.6) is 5.75 Å². The number of aliphatic hydroxyl groups excluding tert-OH is 2. The van der Waals surface area contributed by atoms with Crippen LogP contribution in [0.3, 0.4) is 0 Å². The van der Waals surface area contributed by atoms with Crippen LogP contribution < -0.4 is 11.1 Å². The van der Waals surface area contributed by atoms with Gasteiger partial charge in [-0.25, -0.2) is 4.79 Å². The van der Waals surface area contributed by atoms with E-state index in [9.17, 15) is 39.6 Å². The first kappa shape index (κ1) is 26.7. The van der Waals surface area contributed by atoms with Crippen molar-refractivity contribution in [1.29, 1.82) is 0 Å². The molecule has 4 aliphatic rings. The number of ketones is 2. The number of likely N-dealkylation sites (N-methyl/N-ethyl adjacent to an activating group) is 1. The molecule has 5 rings (SSSR count). The summed E-state index contributed by atoms with van der Waals surface area (Å²) in [6.07, 6.45) is 1.92. The van der Waals surface area contributed by atoms with E-state index in [0.29, 0.717) is 12.1 Å². The topological polar surface area (TPSA) is 194 Å². The number of Topliss-reactive ketones (excluding diaryl/α,β-unsaturated/α-hetero) is 2. The largest absolute Gasteiger partial charge is 0.508 e. The summed E-state index contributed by atoms with van der Waals surface area (Å²) in [5.74, 6) is -7.14. The summed E-state index contributed by atoms with van der Waals surface area (Å²) in [5, 5.41) is 47.6. The molecule has 0 radical (unpaired) electrons. The maximum atomic E-state index is 13.9. The van der Waals surface area contributed by atoms with E-state index in [-0.39, 0.29) is 35.7 Å². The first-order valence-electron chi connectivity index (χ1n) is 12.9. The molecule has 1 heterocycles. The Balaban J connectivity index is 1.60. The van der Waals surface area contributed by atoms with E-state index in [1.165, 1.54) is 11.0 Å². The molecule has 2 fully saturated rings. The predicted octanol–water partition coefficient (Wildman–Crippen LogP) is 0.980. The molecule has 12 nitrogen and oxygen atoms in total. The maximum Gasteiger partial charge on any atom is 0.322 e. The molecule has 1 aromatic rings. The molecule has 39 heavy (non-hydrogen) atoms. The molecule has 208 valence electrons. The van der Waals surface area contributed by atoms with Gasteiger partial charge in [0, 0.05) is 24.1 Å². The van der Waals surface area contributed by atoms with Crippen LogP contribution in [0, 0.1) is 11.8 Å². The number of phenolic OH excluding ortho intramolecular Hbond substituents is 1. The highest BCUT2D eigenvalue weighted by Crippen LogP contribution is 2.53. The van der Waals surface area contributed by atoms with Crippen LogP contribution in [-0.2, 0) is 20.8 Å². The average molecular weight is 541 g/mol. The lowest BCUT2D eigenvalue weighted by molar-refractivity contribution is -0.153. The van der Waals surface area contributed by atoms with Crippen LogP contribution in [0.1, 0.15) is 37.3 Å². The number of phenols is 1. The Labute approximate surface area is 224 Å². The molecule has 0 spiro atoms. The molecular formula is C27H32N4O8. The number of fused-ring (bicyclic) bond motifs is 3. The van der Waals surface area contributed by atoms with Crippen molar-refractivity contribution in [2.24, 2.45) is 17.6 Å². The zero-order valence-electron chi connectivity index (χ0n) is 21.9. The number of hydrogen-bond donors (Lipinski definition) is 6. The summed E-state index contributed by atoms with van der Waals surface area (Å²) >= 11 is 0. The predicted molar refractivity (Wildman–Crippen MR) is 139 cm³/mol. The van der Waals surface area contributed by atoms with Gasteiger partial charge in [-0.2, -0.15) is 0 Å². The number of nitrogens with two attached hydrogens (primary N) is 1. The number of carbonyl (C=O) groups is 4. The zero-order valence-corrected chi connectivity index (χ0v) is 21.9. The van der Waals surface area contributed by atoms with Crippen molar-refractivity contribution in [3.05, 3.63) is 40.2 Å². The first-order chi connectivity index (χ1) is 18.3. The van der Waals surface area contributed by atoms with Crippen molar-refractivity contribution < 1.29 is 39.6 Å². The number of nitrogens with one attached hydrogen (secondary N) is 1. The number of amides is 3. The Morgan fingerprint density at radius 2 is 1.87 bits per heavy atom. The summed E-state index contributed by atoms with van der Waals surface area (Å²) in [6, 6.07) is 1.65.